The van der Waals surface area contributed by atoms with Crippen LogP contribution in [-0.4, -0.2) is 40.3 Å². The molecule has 2 fully saturated rings. The van der Waals surface area contributed by atoms with Gasteiger partial charge in [-0.2, -0.15) is 0 Å². The zero-order chi connectivity index (χ0) is 20.7. The van der Waals surface area contributed by atoms with Gasteiger partial charge in [0.05, 0.1) is 16.6 Å². The molecule has 0 aromatic heterocycles. The quantitative estimate of drug-likeness (QED) is 0.723. The molecular formula is C21H27BO5S. The first-order valence-corrected chi connectivity index (χ1v) is 10.5. The third-order valence-corrected chi connectivity index (χ3v) is 6.86. The zero-order valence-electron chi connectivity index (χ0n) is 17.1. The number of benzene rings is 1. The van der Waals surface area contributed by atoms with Gasteiger partial charge < -0.3 is 14.4 Å². The maximum absolute atomic E-state index is 11.5. The molecule has 0 spiro atoms. The van der Waals surface area contributed by atoms with Gasteiger partial charge in [-0.1, -0.05) is 42.1 Å². The van der Waals surface area contributed by atoms with Crippen LogP contribution in [0.2, 0.25) is 0 Å². The topological polar surface area (TPSA) is 72.8 Å². The van der Waals surface area contributed by atoms with Crippen molar-refractivity contribution in [3.05, 3.63) is 40.9 Å². The lowest BCUT2D eigenvalue weighted by Gasteiger charge is -2.32. The van der Waals surface area contributed by atoms with Crippen molar-refractivity contribution in [3.8, 4) is 0 Å². The second kappa shape index (κ2) is 7.36. The van der Waals surface area contributed by atoms with Crippen molar-refractivity contribution in [3.63, 3.8) is 0 Å². The number of carbonyl (C=O) groups is 2. The van der Waals surface area contributed by atoms with Crippen molar-refractivity contribution in [1.82, 2.24) is 0 Å². The van der Waals surface area contributed by atoms with Crippen molar-refractivity contribution in [2.24, 2.45) is 0 Å². The predicted octanol–water partition coefficient (Wildman–Crippen LogP) is 4.10. The molecule has 7 heteroatoms. The molecule has 0 unspecified atom stereocenters. The fraction of sp³-hybridized carbons (Fsp3) is 0.524. The van der Waals surface area contributed by atoms with Crippen LogP contribution in [-0.2, 0) is 24.3 Å². The maximum Gasteiger partial charge on any atom is 0.491 e. The van der Waals surface area contributed by atoms with Crippen LogP contribution in [0.15, 0.2) is 29.7 Å². The van der Waals surface area contributed by atoms with E-state index in [1.807, 2.05) is 58.0 Å². The molecule has 0 bridgehead atoms. The number of carbonyl (C=O) groups excluding carboxylic acids is 1. The lowest BCUT2D eigenvalue weighted by Crippen LogP contribution is -2.41. The van der Waals surface area contributed by atoms with Crippen molar-refractivity contribution < 1.29 is 24.0 Å². The largest absolute Gasteiger partial charge is 0.491 e. The molecule has 1 aromatic carbocycles. The molecule has 5 nitrogen and oxygen atoms in total. The first kappa shape index (κ1) is 21.2. The third kappa shape index (κ3) is 4.07. The van der Waals surface area contributed by atoms with E-state index >= 15 is 0 Å². The lowest BCUT2D eigenvalue weighted by atomic mass is 9.78. The fourth-order valence-corrected chi connectivity index (χ4v) is 3.81. The second-order valence-corrected chi connectivity index (χ2v) is 9.75. The van der Waals surface area contributed by atoms with Crippen molar-refractivity contribution in [2.45, 2.75) is 64.1 Å². The fourth-order valence-electron chi connectivity index (χ4n) is 3.22. The Balaban J connectivity index is 1.85. The van der Waals surface area contributed by atoms with Crippen molar-refractivity contribution in [1.29, 1.82) is 0 Å². The Bertz CT molecular complexity index is 793. The number of rotatable bonds is 6. The Labute approximate surface area is 171 Å². The summed E-state index contributed by atoms with van der Waals surface area (Å²) in [4.78, 5) is 23.0. The van der Waals surface area contributed by atoms with E-state index in [4.69, 9.17) is 9.31 Å². The van der Waals surface area contributed by atoms with Crippen LogP contribution in [0.4, 0.5) is 0 Å². The number of hydrogen-bond donors (Lipinski definition) is 1. The van der Waals surface area contributed by atoms with E-state index in [-0.39, 0.29) is 5.12 Å². The monoisotopic (exact) mass is 402 g/mol. The minimum atomic E-state index is -0.758. The molecule has 0 amide bonds. The zero-order valence-corrected chi connectivity index (χ0v) is 17.9. The van der Waals surface area contributed by atoms with Crippen LogP contribution in [0.25, 0.3) is 6.08 Å². The highest BCUT2D eigenvalue weighted by Gasteiger charge is 2.53. The highest BCUT2D eigenvalue weighted by atomic mass is 32.2. The van der Waals surface area contributed by atoms with Gasteiger partial charge in [0.1, 0.15) is 0 Å². The highest BCUT2D eigenvalue weighted by Crippen LogP contribution is 2.48. The molecule has 1 aromatic rings. The van der Waals surface area contributed by atoms with Crippen LogP contribution < -0.4 is 0 Å². The highest BCUT2D eigenvalue weighted by molar-refractivity contribution is 8.13. The van der Waals surface area contributed by atoms with E-state index in [0.717, 1.165) is 16.6 Å². The van der Waals surface area contributed by atoms with E-state index in [1.165, 1.54) is 11.8 Å². The van der Waals surface area contributed by atoms with Crippen LogP contribution >= 0.6 is 11.8 Å². The summed E-state index contributed by atoms with van der Waals surface area (Å²) in [6, 6.07) is 7.60. The van der Waals surface area contributed by atoms with E-state index in [2.05, 4.69) is 0 Å². The Hall–Kier alpha value is -1.57. The van der Waals surface area contributed by atoms with Gasteiger partial charge >= 0.3 is 13.1 Å². The van der Waals surface area contributed by atoms with Gasteiger partial charge in [-0.25, -0.2) is 0 Å². The van der Waals surface area contributed by atoms with E-state index in [9.17, 15) is 14.7 Å². The molecule has 1 N–H and O–H groups in total. The summed E-state index contributed by atoms with van der Waals surface area (Å²) < 4.78 is 12.3. The van der Waals surface area contributed by atoms with Crippen molar-refractivity contribution in [2.75, 3.05) is 5.75 Å². The summed E-state index contributed by atoms with van der Waals surface area (Å²) in [7, 11) is -0.523. The van der Waals surface area contributed by atoms with Crippen molar-refractivity contribution >= 4 is 36.0 Å². The molecule has 1 saturated heterocycles. The SMILES string of the molecule is CC(=O)SCC(=Cc1ccc(C2(C(=O)O)CC2)cc1)B1OC(C)(C)C(C)(C)O1. The average Bonchev–Trinajstić information content (AvgIpc) is 3.36. The molecule has 28 heavy (non-hydrogen) atoms. The number of carboxylic acid groups (broad SMARTS) is 1. The van der Waals surface area contributed by atoms with Crippen LogP contribution in [0.3, 0.4) is 0 Å². The minimum absolute atomic E-state index is 0.0369. The normalized spacial score (nSPS) is 22.2. The first-order valence-electron chi connectivity index (χ1n) is 9.50. The minimum Gasteiger partial charge on any atom is -0.481 e. The summed E-state index contributed by atoms with van der Waals surface area (Å²) >= 11 is 1.22. The number of hydrogen-bond acceptors (Lipinski definition) is 5. The van der Waals surface area contributed by atoms with E-state index in [0.29, 0.717) is 18.6 Å². The summed E-state index contributed by atoms with van der Waals surface area (Å²) in [5.41, 5.74) is 1.03. The maximum atomic E-state index is 11.5. The van der Waals surface area contributed by atoms with Gasteiger partial charge in [0.15, 0.2) is 5.12 Å². The first-order chi connectivity index (χ1) is 13.0. The Morgan fingerprint density at radius 3 is 2.07 bits per heavy atom. The third-order valence-electron chi connectivity index (χ3n) is 5.97. The molecule has 1 aliphatic heterocycles. The van der Waals surface area contributed by atoms with Gasteiger partial charge in [-0.05, 0) is 57.1 Å². The van der Waals surface area contributed by atoms with Gasteiger partial charge in [-0.15, -0.1) is 0 Å². The second-order valence-electron chi connectivity index (χ2n) is 8.60. The average molecular weight is 402 g/mol. The van der Waals surface area contributed by atoms with Crippen LogP contribution in [0, 0.1) is 0 Å². The molecule has 0 atom stereocenters. The molecule has 1 heterocycles. The van der Waals surface area contributed by atoms with Gasteiger partial charge in [-0.3, -0.25) is 9.59 Å². The molecule has 1 saturated carbocycles. The Morgan fingerprint density at radius 1 is 1.11 bits per heavy atom. The molecule has 1 aliphatic carbocycles. The molecule has 0 radical (unpaired) electrons. The number of aliphatic carboxylic acids is 1. The molecule has 3 rings (SSSR count). The summed E-state index contributed by atoms with van der Waals surface area (Å²) in [6.45, 7) is 9.54. The van der Waals surface area contributed by atoms with Gasteiger partial charge in [0.2, 0.25) is 0 Å². The molecule has 2 aliphatic rings. The Morgan fingerprint density at radius 2 is 1.64 bits per heavy atom. The number of thioether (sulfide) groups is 1. The summed E-state index contributed by atoms with van der Waals surface area (Å²) in [5, 5.41) is 9.49. The lowest BCUT2D eigenvalue weighted by molar-refractivity contribution is -0.140. The number of carboxylic acids is 1. The molecule has 150 valence electrons. The van der Waals surface area contributed by atoms with Crippen LogP contribution in [0.5, 0.6) is 0 Å². The summed E-state index contributed by atoms with van der Waals surface area (Å²) in [5.74, 6) is -0.279. The molecular weight excluding hydrogens is 375 g/mol. The van der Waals surface area contributed by atoms with E-state index < -0.39 is 29.7 Å². The van der Waals surface area contributed by atoms with Crippen LogP contribution in [0.1, 0.15) is 58.6 Å². The van der Waals surface area contributed by atoms with E-state index in [1.54, 1.807) is 6.92 Å². The standard InChI is InChI=1S/C21H27BO5S/c1-14(23)28-13-17(22-26-19(2,3)20(4,5)27-22)12-15-6-8-16(9-7-15)21(10-11-21)18(24)25/h6-9,12H,10-11,13H2,1-5H3,(H,24,25). The van der Waals surface area contributed by atoms with Gasteiger partial charge in [0.25, 0.3) is 0 Å². The van der Waals surface area contributed by atoms with Gasteiger partial charge in [0, 0.05) is 12.7 Å². The Kier molecular flexibility index (Phi) is 5.56. The smallest absolute Gasteiger partial charge is 0.481 e. The summed E-state index contributed by atoms with van der Waals surface area (Å²) in [6.07, 6.45) is 3.35. The predicted molar refractivity (Wildman–Crippen MR) is 112 cm³/mol.